The van der Waals surface area contributed by atoms with E-state index >= 15 is 0 Å². The molecule has 0 radical (unpaired) electrons. The number of carbonyl (C=O) groups excluding carboxylic acids is 1. The van der Waals surface area contributed by atoms with Crippen molar-refractivity contribution in [3.8, 4) is 0 Å². The van der Waals surface area contributed by atoms with Crippen LogP contribution in [0.1, 0.15) is 25.8 Å². The first-order valence-electron chi connectivity index (χ1n) is 6.86. The second-order valence-corrected chi connectivity index (χ2v) is 6.78. The molecule has 5 nitrogen and oxygen atoms in total. The van der Waals surface area contributed by atoms with E-state index in [-0.39, 0.29) is 18.8 Å². The van der Waals surface area contributed by atoms with Crippen LogP contribution in [-0.2, 0) is 16.0 Å². The molecule has 0 bridgehead atoms. The molecular formula is C15H19BrClNO4. The molecule has 0 saturated heterocycles. The number of carbonyl (C=O) groups is 2. The van der Waals surface area contributed by atoms with Crippen molar-refractivity contribution < 1.29 is 19.8 Å². The van der Waals surface area contributed by atoms with Crippen LogP contribution in [-0.4, -0.2) is 34.2 Å². The highest BCUT2D eigenvalue weighted by atomic mass is 79.9. The zero-order valence-corrected chi connectivity index (χ0v) is 14.7. The van der Waals surface area contributed by atoms with Crippen molar-refractivity contribution in [1.29, 1.82) is 0 Å². The molecule has 0 unspecified atom stereocenters. The highest BCUT2D eigenvalue weighted by Crippen LogP contribution is 2.22. The lowest BCUT2D eigenvalue weighted by Gasteiger charge is -2.19. The fourth-order valence-corrected chi connectivity index (χ4v) is 2.54. The van der Waals surface area contributed by atoms with Crippen molar-refractivity contribution in [2.24, 2.45) is 5.92 Å². The van der Waals surface area contributed by atoms with Crippen LogP contribution in [0.3, 0.4) is 0 Å². The van der Waals surface area contributed by atoms with Gasteiger partial charge in [0, 0.05) is 15.9 Å². The molecule has 0 aromatic heterocycles. The number of aliphatic hydroxyl groups is 1. The molecule has 0 heterocycles. The van der Waals surface area contributed by atoms with E-state index in [2.05, 4.69) is 21.2 Å². The Morgan fingerprint density at radius 1 is 1.36 bits per heavy atom. The minimum atomic E-state index is -1.22. The SMILES string of the molecule is CC(C)C[C@H](O)C(=O)N[C@@H](Cc1cc(Cl)ccc1Br)C(=O)O. The number of rotatable bonds is 7. The molecule has 0 spiro atoms. The summed E-state index contributed by atoms with van der Waals surface area (Å²) in [6, 6.07) is 3.89. The summed E-state index contributed by atoms with van der Waals surface area (Å²) in [4.78, 5) is 23.2. The van der Waals surface area contributed by atoms with Crippen LogP contribution in [0, 0.1) is 5.92 Å². The Kier molecular flexibility index (Phi) is 7.32. The maximum atomic E-state index is 11.9. The van der Waals surface area contributed by atoms with Crippen LogP contribution in [0.2, 0.25) is 5.02 Å². The summed E-state index contributed by atoms with van der Waals surface area (Å²) in [7, 11) is 0. The lowest BCUT2D eigenvalue weighted by molar-refractivity contribution is -0.143. The highest BCUT2D eigenvalue weighted by Gasteiger charge is 2.25. The minimum absolute atomic E-state index is 0.0661. The molecule has 122 valence electrons. The third-order valence-corrected chi connectivity index (χ3v) is 4.05. The number of nitrogens with one attached hydrogen (secondary N) is 1. The Labute approximate surface area is 142 Å². The van der Waals surface area contributed by atoms with Gasteiger partial charge in [-0.25, -0.2) is 4.79 Å². The lowest BCUT2D eigenvalue weighted by atomic mass is 10.0. The van der Waals surface area contributed by atoms with Gasteiger partial charge in [0.2, 0.25) is 5.91 Å². The van der Waals surface area contributed by atoms with Crippen molar-refractivity contribution in [2.45, 2.75) is 38.8 Å². The molecule has 0 aliphatic carbocycles. The fourth-order valence-electron chi connectivity index (χ4n) is 1.94. The van der Waals surface area contributed by atoms with Crippen molar-refractivity contribution in [2.75, 3.05) is 0 Å². The van der Waals surface area contributed by atoms with Crippen LogP contribution in [0.4, 0.5) is 0 Å². The Morgan fingerprint density at radius 3 is 2.55 bits per heavy atom. The Bertz CT molecular complexity index is 550. The van der Waals surface area contributed by atoms with Crippen molar-refractivity contribution in [3.05, 3.63) is 33.3 Å². The molecule has 7 heteroatoms. The molecule has 1 aromatic rings. The van der Waals surface area contributed by atoms with E-state index in [4.69, 9.17) is 11.6 Å². The largest absolute Gasteiger partial charge is 0.480 e. The topological polar surface area (TPSA) is 86.6 Å². The highest BCUT2D eigenvalue weighted by molar-refractivity contribution is 9.10. The minimum Gasteiger partial charge on any atom is -0.480 e. The summed E-state index contributed by atoms with van der Waals surface area (Å²) in [5.74, 6) is -1.72. The third-order valence-electron chi connectivity index (χ3n) is 3.04. The van der Waals surface area contributed by atoms with Crippen LogP contribution < -0.4 is 5.32 Å². The fraction of sp³-hybridized carbons (Fsp3) is 0.467. The van der Waals surface area contributed by atoms with Crippen molar-refractivity contribution >= 4 is 39.4 Å². The second kappa shape index (κ2) is 8.50. The molecule has 0 saturated carbocycles. The smallest absolute Gasteiger partial charge is 0.326 e. The maximum Gasteiger partial charge on any atom is 0.326 e. The monoisotopic (exact) mass is 391 g/mol. The molecule has 0 fully saturated rings. The van der Waals surface area contributed by atoms with Crippen molar-refractivity contribution in [1.82, 2.24) is 5.32 Å². The summed E-state index contributed by atoms with van der Waals surface area (Å²) in [5, 5.41) is 21.9. The number of hydrogen-bond donors (Lipinski definition) is 3. The second-order valence-electron chi connectivity index (χ2n) is 5.48. The van der Waals surface area contributed by atoms with Gasteiger partial charge < -0.3 is 15.5 Å². The first-order chi connectivity index (χ1) is 10.2. The van der Waals surface area contributed by atoms with E-state index in [1.807, 2.05) is 13.8 Å². The molecule has 1 rings (SSSR count). The molecule has 3 N–H and O–H groups in total. The number of aliphatic carboxylic acids is 1. The zero-order chi connectivity index (χ0) is 16.9. The standard InChI is InChI=1S/C15H19BrClNO4/c1-8(2)5-13(19)14(20)18-12(15(21)22)7-9-6-10(17)3-4-11(9)16/h3-4,6,8,12-13,19H,5,7H2,1-2H3,(H,18,20)(H,21,22)/t12-,13-/m0/s1. The first-order valence-corrected chi connectivity index (χ1v) is 8.03. The summed E-state index contributed by atoms with van der Waals surface area (Å²) >= 11 is 9.22. The predicted molar refractivity (Wildman–Crippen MR) is 87.9 cm³/mol. The summed E-state index contributed by atoms with van der Waals surface area (Å²) in [5.41, 5.74) is 0.665. The molecule has 0 aliphatic rings. The number of carboxylic acid groups (broad SMARTS) is 1. The average molecular weight is 393 g/mol. The number of hydrogen-bond acceptors (Lipinski definition) is 3. The number of carboxylic acids is 1. The van der Waals surface area contributed by atoms with Gasteiger partial charge in [0.1, 0.15) is 12.1 Å². The number of aliphatic hydroxyl groups excluding tert-OH is 1. The summed E-state index contributed by atoms with van der Waals surface area (Å²) in [6.45, 7) is 3.74. The summed E-state index contributed by atoms with van der Waals surface area (Å²) in [6.07, 6.45) is -0.875. The molecular weight excluding hydrogens is 374 g/mol. The van der Waals surface area contributed by atoms with E-state index < -0.39 is 24.0 Å². The molecule has 2 atom stereocenters. The van der Waals surface area contributed by atoms with Crippen LogP contribution >= 0.6 is 27.5 Å². The van der Waals surface area contributed by atoms with Gasteiger partial charge in [-0.15, -0.1) is 0 Å². The predicted octanol–water partition coefficient (Wildman–Crippen LogP) is 2.62. The van der Waals surface area contributed by atoms with E-state index in [0.717, 1.165) is 0 Å². The average Bonchev–Trinajstić information content (AvgIpc) is 2.40. The Balaban J connectivity index is 2.80. The molecule has 1 aromatic carbocycles. The van der Waals surface area contributed by atoms with Crippen LogP contribution in [0.15, 0.2) is 22.7 Å². The van der Waals surface area contributed by atoms with Gasteiger partial charge in [0.05, 0.1) is 0 Å². The number of benzene rings is 1. The van der Waals surface area contributed by atoms with Crippen molar-refractivity contribution in [3.63, 3.8) is 0 Å². The maximum absolute atomic E-state index is 11.9. The van der Waals surface area contributed by atoms with E-state index in [1.54, 1.807) is 18.2 Å². The molecule has 1 amide bonds. The van der Waals surface area contributed by atoms with Gasteiger partial charge in [-0.3, -0.25) is 4.79 Å². The van der Waals surface area contributed by atoms with Gasteiger partial charge in [0.25, 0.3) is 0 Å². The molecule has 0 aliphatic heterocycles. The van der Waals surface area contributed by atoms with E-state index in [0.29, 0.717) is 15.1 Å². The van der Waals surface area contributed by atoms with Gasteiger partial charge in [-0.2, -0.15) is 0 Å². The molecule has 22 heavy (non-hydrogen) atoms. The first kappa shape index (κ1) is 18.9. The van der Waals surface area contributed by atoms with E-state index in [9.17, 15) is 19.8 Å². The third kappa shape index (κ3) is 5.94. The van der Waals surface area contributed by atoms with Gasteiger partial charge in [-0.1, -0.05) is 41.4 Å². The number of halogens is 2. The number of amides is 1. The normalized spacial score (nSPS) is 13.7. The Hall–Kier alpha value is -1.11. The van der Waals surface area contributed by atoms with E-state index in [1.165, 1.54) is 0 Å². The van der Waals surface area contributed by atoms with Crippen LogP contribution in [0.25, 0.3) is 0 Å². The summed E-state index contributed by atoms with van der Waals surface area (Å²) < 4.78 is 0.708. The van der Waals surface area contributed by atoms with Crippen LogP contribution in [0.5, 0.6) is 0 Å². The van der Waals surface area contributed by atoms with Gasteiger partial charge in [0.15, 0.2) is 0 Å². The van der Waals surface area contributed by atoms with Gasteiger partial charge in [-0.05, 0) is 36.1 Å². The zero-order valence-electron chi connectivity index (χ0n) is 12.3. The van der Waals surface area contributed by atoms with Gasteiger partial charge >= 0.3 is 5.97 Å². The quantitative estimate of drug-likeness (QED) is 0.666. The lowest BCUT2D eigenvalue weighted by Crippen LogP contribution is -2.47. The Morgan fingerprint density at radius 2 is 2.00 bits per heavy atom.